The molecule has 1 heterocycles. The summed E-state index contributed by atoms with van der Waals surface area (Å²) in [5.41, 5.74) is 1.08. The molecular weight excluding hydrogens is 290 g/mol. The van der Waals surface area contributed by atoms with Gasteiger partial charge in [0.2, 0.25) is 10.0 Å². The quantitative estimate of drug-likeness (QED) is 0.916. The lowest BCUT2D eigenvalue weighted by molar-refractivity contribution is 0.373. The van der Waals surface area contributed by atoms with Crippen LogP contribution in [0.3, 0.4) is 0 Å². The summed E-state index contributed by atoms with van der Waals surface area (Å²) in [6.45, 7) is 3.85. The molecule has 0 saturated heterocycles. The lowest BCUT2D eigenvalue weighted by Gasteiger charge is -2.04. The highest BCUT2D eigenvalue weighted by Gasteiger charge is 2.15. The van der Waals surface area contributed by atoms with E-state index in [9.17, 15) is 8.42 Å². The molecule has 1 aromatic heterocycles. The van der Waals surface area contributed by atoms with E-state index in [0.29, 0.717) is 16.9 Å². The number of hydrogen-bond donors (Lipinski definition) is 1. The first-order valence-corrected chi connectivity index (χ1v) is 8.01. The van der Waals surface area contributed by atoms with Crippen molar-refractivity contribution in [2.24, 2.45) is 0 Å². The van der Waals surface area contributed by atoms with Gasteiger partial charge in [-0.25, -0.2) is 8.42 Å². The van der Waals surface area contributed by atoms with Gasteiger partial charge in [-0.05, 0) is 17.7 Å². The Labute approximate surface area is 123 Å². The maximum Gasteiger partial charge on any atom is 0.238 e. The predicted molar refractivity (Wildman–Crippen MR) is 78.0 cm³/mol. The largest absolute Gasteiger partial charge is 0.359 e. The second-order valence-electron chi connectivity index (χ2n) is 4.94. The van der Waals surface area contributed by atoms with E-state index < -0.39 is 10.0 Å². The van der Waals surface area contributed by atoms with Crippen LogP contribution in [0.1, 0.15) is 36.7 Å². The summed E-state index contributed by atoms with van der Waals surface area (Å²) in [5, 5.41) is 12.4. The number of anilines is 1. The Morgan fingerprint density at radius 1 is 1.33 bits per heavy atom. The molecule has 110 valence electrons. The number of hydrogen-bond acceptors (Lipinski definition) is 5. The minimum Gasteiger partial charge on any atom is -0.359 e. The van der Waals surface area contributed by atoms with Gasteiger partial charge in [-0.15, -0.1) is 0 Å². The average Bonchev–Trinajstić information content (AvgIpc) is 2.87. The van der Waals surface area contributed by atoms with Crippen LogP contribution in [0, 0.1) is 11.3 Å². The predicted octanol–water partition coefficient (Wildman–Crippen LogP) is 2.61. The molecule has 0 spiro atoms. The molecule has 0 saturated carbocycles. The van der Waals surface area contributed by atoms with E-state index >= 15 is 0 Å². The Morgan fingerprint density at radius 2 is 2.00 bits per heavy atom. The Bertz CT molecular complexity index is 756. The van der Waals surface area contributed by atoms with Crippen LogP contribution in [0.25, 0.3) is 0 Å². The van der Waals surface area contributed by atoms with Gasteiger partial charge in [-0.3, -0.25) is 4.72 Å². The fraction of sp³-hybridized carbons (Fsp3) is 0.286. The molecule has 2 aromatic rings. The van der Waals surface area contributed by atoms with Crippen molar-refractivity contribution >= 4 is 15.8 Å². The normalized spacial score (nSPS) is 11.3. The highest BCUT2D eigenvalue weighted by molar-refractivity contribution is 7.91. The zero-order chi connectivity index (χ0) is 15.5. The minimum atomic E-state index is -3.58. The molecule has 2 rings (SSSR count). The number of nitrogens with zero attached hydrogens (tertiary/aromatic N) is 2. The van der Waals surface area contributed by atoms with Crippen molar-refractivity contribution in [2.45, 2.75) is 25.5 Å². The molecule has 0 amide bonds. The van der Waals surface area contributed by atoms with Gasteiger partial charge < -0.3 is 4.52 Å². The molecule has 1 N–H and O–H groups in total. The second kappa shape index (κ2) is 5.97. The molecule has 0 unspecified atom stereocenters. The van der Waals surface area contributed by atoms with Crippen molar-refractivity contribution in [1.82, 2.24) is 5.16 Å². The highest BCUT2D eigenvalue weighted by atomic mass is 32.2. The van der Waals surface area contributed by atoms with Crippen LogP contribution in [0.5, 0.6) is 0 Å². The number of sulfonamides is 1. The zero-order valence-electron chi connectivity index (χ0n) is 11.7. The Balaban J connectivity index is 2.08. The Hall–Kier alpha value is -2.33. The molecule has 0 aliphatic heterocycles. The standard InChI is InChI=1S/C14H15N3O3S/c1-10(2)13-7-14(16-20-13)17-21(18,19)9-12-5-3-11(8-15)4-6-12/h3-7,10H,9H2,1-2H3,(H,16,17). The Kier molecular flexibility index (Phi) is 4.29. The molecule has 0 aliphatic carbocycles. The first kappa shape index (κ1) is 15.1. The van der Waals surface area contributed by atoms with E-state index in [1.807, 2.05) is 19.9 Å². The lowest BCUT2D eigenvalue weighted by atomic mass is 10.2. The van der Waals surface area contributed by atoms with E-state index in [-0.39, 0.29) is 17.5 Å². The minimum absolute atomic E-state index is 0.134. The van der Waals surface area contributed by atoms with Crippen LogP contribution in [0.2, 0.25) is 0 Å². The third-order valence-electron chi connectivity index (χ3n) is 2.80. The van der Waals surface area contributed by atoms with Crippen LogP contribution < -0.4 is 4.72 Å². The van der Waals surface area contributed by atoms with Crippen molar-refractivity contribution in [1.29, 1.82) is 5.26 Å². The maximum absolute atomic E-state index is 12.0. The summed E-state index contributed by atoms with van der Waals surface area (Å²) >= 11 is 0. The van der Waals surface area contributed by atoms with Crippen LogP contribution in [-0.4, -0.2) is 13.6 Å². The maximum atomic E-state index is 12.0. The van der Waals surface area contributed by atoms with Gasteiger partial charge in [0, 0.05) is 12.0 Å². The fourth-order valence-corrected chi connectivity index (χ4v) is 2.82. The number of benzene rings is 1. The van der Waals surface area contributed by atoms with Crippen LogP contribution in [0.15, 0.2) is 34.9 Å². The van der Waals surface area contributed by atoms with Crippen molar-refractivity contribution in [3.05, 3.63) is 47.2 Å². The molecule has 21 heavy (non-hydrogen) atoms. The molecule has 0 atom stereocenters. The van der Waals surface area contributed by atoms with Crippen LogP contribution in [0.4, 0.5) is 5.82 Å². The first-order valence-electron chi connectivity index (χ1n) is 6.36. The molecular formula is C14H15N3O3S. The van der Waals surface area contributed by atoms with Crippen molar-refractivity contribution < 1.29 is 12.9 Å². The number of nitriles is 1. The van der Waals surface area contributed by atoms with E-state index in [1.165, 1.54) is 0 Å². The van der Waals surface area contributed by atoms with E-state index in [2.05, 4.69) is 9.88 Å². The van der Waals surface area contributed by atoms with Gasteiger partial charge in [0.05, 0.1) is 17.4 Å². The molecule has 6 nitrogen and oxygen atoms in total. The summed E-state index contributed by atoms with van der Waals surface area (Å²) < 4.78 is 31.5. The second-order valence-corrected chi connectivity index (χ2v) is 6.66. The molecule has 0 fully saturated rings. The third-order valence-corrected chi connectivity index (χ3v) is 4.03. The first-order chi connectivity index (χ1) is 9.89. The molecule has 0 radical (unpaired) electrons. The summed E-state index contributed by atoms with van der Waals surface area (Å²) in [4.78, 5) is 0. The van der Waals surface area contributed by atoms with Crippen molar-refractivity contribution in [2.75, 3.05) is 4.72 Å². The van der Waals surface area contributed by atoms with Gasteiger partial charge in [0.25, 0.3) is 0 Å². The molecule has 1 aromatic carbocycles. The number of nitrogens with one attached hydrogen (secondary N) is 1. The summed E-state index contributed by atoms with van der Waals surface area (Å²) in [6, 6.07) is 9.94. The number of aromatic nitrogens is 1. The third kappa shape index (κ3) is 4.07. The lowest BCUT2D eigenvalue weighted by Crippen LogP contribution is -2.15. The number of rotatable bonds is 5. The van der Waals surface area contributed by atoms with Crippen molar-refractivity contribution in [3.8, 4) is 6.07 Å². The monoisotopic (exact) mass is 305 g/mol. The van der Waals surface area contributed by atoms with Crippen molar-refractivity contribution in [3.63, 3.8) is 0 Å². The summed E-state index contributed by atoms with van der Waals surface area (Å²) in [6.07, 6.45) is 0. The molecule has 0 bridgehead atoms. The highest BCUT2D eigenvalue weighted by Crippen LogP contribution is 2.19. The smallest absolute Gasteiger partial charge is 0.238 e. The van der Waals surface area contributed by atoms with E-state index in [1.54, 1.807) is 30.3 Å². The van der Waals surface area contributed by atoms with Gasteiger partial charge in [-0.2, -0.15) is 5.26 Å². The molecule has 0 aliphatic rings. The van der Waals surface area contributed by atoms with Gasteiger partial charge in [0.15, 0.2) is 5.82 Å². The van der Waals surface area contributed by atoms with Gasteiger partial charge in [-0.1, -0.05) is 31.1 Å². The summed E-state index contributed by atoms with van der Waals surface area (Å²) in [5.74, 6) is 0.732. The SMILES string of the molecule is CC(C)c1cc(NS(=O)(=O)Cc2ccc(C#N)cc2)no1. The van der Waals surface area contributed by atoms with Crippen LogP contribution in [-0.2, 0) is 15.8 Å². The average molecular weight is 305 g/mol. The van der Waals surface area contributed by atoms with Gasteiger partial charge >= 0.3 is 0 Å². The molecule has 7 heteroatoms. The topological polar surface area (TPSA) is 96.0 Å². The fourth-order valence-electron chi connectivity index (χ4n) is 1.70. The van der Waals surface area contributed by atoms with E-state index in [4.69, 9.17) is 9.78 Å². The van der Waals surface area contributed by atoms with Gasteiger partial charge in [0.1, 0.15) is 5.76 Å². The summed E-state index contributed by atoms with van der Waals surface area (Å²) in [7, 11) is -3.58. The Morgan fingerprint density at radius 3 is 2.52 bits per heavy atom. The van der Waals surface area contributed by atoms with E-state index in [0.717, 1.165) is 0 Å². The zero-order valence-corrected chi connectivity index (χ0v) is 12.5. The van der Waals surface area contributed by atoms with Crippen LogP contribution >= 0.6 is 0 Å².